The Kier molecular flexibility index (Phi) is 6.76. The SMILES string of the molecule is CCCc1ccc(OC(O)CCNC(C)C)cc1. The molecule has 0 aliphatic rings. The van der Waals surface area contributed by atoms with E-state index in [4.69, 9.17) is 4.74 Å². The molecular weight excluding hydrogens is 226 g/mol. The number of hydrogen-bond donors (Lipinski definition) is 2. The highest BCUT2D eigenvalue weighted by molar-refractivity contribution is 5.27. The average molecular weight is 251 g/mol. The zero-order valence-electron chi connectivity index (χ0n) is 11.6. The molecule has 18 heavy (non-hydrogen) atoms. The van der Waals surface area contributed by atoms with Crippen LogP contribution in [-0.2, 0) is 6.42 Å². The summed E-state index contributed by atoms with van der Waals surface area (Å²) in [6.45, 7) is 7.09. The van der Waals surface area contributed by atoms with Gasteiger partial charge in [-0.25, -0.2) is 0 Å². The van der Waals surface area contributed by atoms with E-state index in [1.807, 2.05) is 12.1 Å². The van der Waals surface area contributed by atoms with E-state index in [0.29, 0.717) is 12.5 Å². The van der Waals surface area contributed by atoms with Crippen LogP contribution in [-0.4, -0.2) is 24.0 Å². The standard InChI is InChI=1S/C15H25NO2/c1-4-5-13-6-8-14(9-7-13)18-15(17)10-11-16-12(2)3/h6-9,12,15-17H,4-5,10-11H2,1-3H3. The summed E-state index contributed by atoms with van der Waals surface area (Å²) in [6.07, 6.45) is 2.08. The second-order valence-corrected chi connectivity index (χ2v) is 4.86. The molecule has 0 fully saturated rings. The first-order chi connectivity index (χ1) is 8.61. The maximum Gasteiger partial charge on any atom is 0.198 e. The third-order valence-corrected chi connectivity index (χ3v) is 2.68. The van der Waals surface area contributed by atoms with Gasteiger partial charge in [0.15, 0.2) is 6.29 Å². The van der Waals surface area contributed by atoms with E-state index in [0.717, 1.165) is 25.1 Å². The molecule has 1 aromatic carbocycles. The summed E-state index contributed by atoms with van der Waals surface area (Å²) in [5, 5.41) is 13.0. The lowest BCUT2D eigenvalue weighted by atomic mass is 10.1. The van der Waals surface area contributed by atoms with Gasteiger partial charge in [-0.3, -0.25) is 0 Å². The molecule has 0 aliphatic carbocycles. The zero-order chi connectivity index (χ0) is 13.4. The highest BCUT2D eigenvalue weighted by Gasteiger charge is 2.06. The minimum Gasteiger partial charge on any atom is -0.465 e. The largest absolute Gasteiger partial charge is 0.465 e. The molecule has 0 aromatic heterocycles. The molecule has 1 atom stereocenters. The van der Waals surface area contributed by atoms with Gasteiger partial charge < -0.3 is 15.2 Å². The van der Waals surface area contributed by atoms with E-state index in [1.165, 1.54) is 5.56 Å². The Morgan fingerprint density at radius 2 is 1.89 bits per heavy atom. The van der Waals surface area contributed by atoms with Gasteiger partial charge in [0.1, 0.15) is 5.75 Å². The lowest BCUT2D eigenvalue weighted by molar-refractivity contribution is -0.0226. The van der Waals surface area contributed by atoms with Crippen LogP contribution in [0.15, 0.2) is 24.3 Å². The summed E-state index contributed by atoms with van der Waals surface area (Å²) < 4.78 is 5.44. The van der Waals surface area contributed by atoms with Crippen LogP contribution in [0.1, 0.15) is 39.2 Å². The van der Waals surface area contributed by atoms with Crippen molar-refractivity contribution in [2.24, 2.45) is 0 Å². The van der Waals surface area contributed by atoms with Crippen LogP contribution in [0.5, 0.6) is 5.75 Å². The van der Waals surface area contributed by atoms with Gasteiger partial charge in [0.05, 0.1) is 0 Å². The van der Waals surface area contributed by atoms with Crippen LogP contribution in [0, 0.1) is 0 Å². The quantitative estimate of drug-likeness (QED) is 0.698. The Balaban J connectivity index is 2.32. The monoisotopic (exact) mass is 251 g/mol. The van der Waals surface area contributed by atoms with E-state index in [2.05, 4.69) is 38.2 Å². The van der Waals surface area contributed by atoms with E-state index >= 15 is 0 Å². The zero-order valence-corrected chi connectivity index (χ0v) is 11.6. The van der Waals surface area contributed by atoms with E-state index in [1.54, 1.807) is 0 Å². The van der Waals surface area contributed by atoms with Crippen molar-refractivity contribution in [2.45, 2.75) is 52.4 Å². The fourth-order valence-electron chi connectivity index (χ4n) is 1.73. The number of rotatable bonds is 8. The fraction of sp³-hybridized carbons (Fsp3) is 0.600. The molecule has 0 heterocycles. The van der Waals surface area contributed by atoms with Crippen molar-refractivity contribution < 1.29 is 9.84 Å². The van der Waals surface area contributed by atoms with Crippen molar-refractivity contribution in [2.75, 3.05) is 6.54 Å². The Labute approximate surface area is 110 Å². The molecule has 0 aliphatic heterocycles. The number of aliphatic hydroxyl groups is 1. The molecule has 3 nitrogen and oxygen atoms in total. The number of ether oxygens (including phenoxy) is 1. The maximum atomic E-state index is 9.73. The van der Waals surface area contributed by atoms with Gasteiger partial charge >= 0.3 is 0 Å². The first-order valence-corrected chi connectivity index (χ1v) is 6.79. The molecule has 0 amide bonds. The maximum absolute atomic E-state index is 9.73. The first kappa shape index (κ1) is 15.0. The second kappa shape index (κ2) is 8.11. The number of aliphatic hydroxyl groups excluding tert-OH is 1. The molecule has 102 valence electrons. The predicted molar refractivity (Wildman–Crippen MR) is 74.8 cm³/mol. The van der Waals surface area contributed by atoms with Gasteiger partial charge in [-0.05, 0) is 24.1 Å². The van der Waals surface area contributed by atoms with E-state index < -0.39 is 6.29 Å². The summed E-state index contributed by atoms with van der Waals surface area (Å²) in [5.74, 6) is 0.729. The van der Waals surface area contributed by atoms with E-state index in [9.17, 15) is 5.11 Å². The molecule has 1 unspecified atom stereocenters. The Morgan fingerprint density at radius 1 is 1.22 bits per heavy atom. The van der Waals surface area contributed by atoms with Crippen molar-refractivity contribution in [1.29, 1.82) is 0 Å². The fourth-order valence-corrected chi connectivity index (χ4v) is 1.73. The number of hydrogen-bond acceptors (Lipinski definition) is 3. The van der Waals surface area contributed by atoms with Crippen molar-refractivity contribution in [3.05, 3.63) is 29.8 Å². The summed E-state index contributed by atoms with van der Waals surface area (Å²) in [4.78, 5) is 0. The highest BCUT2D eigenvalue weighted by atomic mass is 16.6. The van der Waals surface area contributed by atoms with E-state index in [-0.39, 0.29) is 0 Å². The normalized spacial score (nSPS) is 12.7. The molecule has 3 heteroatoms. The van der Waals surface area contributed by atoms with Gasteiger partial charge in [0.25, 0.3) is 0 Å². The Bertz CT molecular complexity index is 322. The third-order valence-electron chi connectivity index (χ3n) is 2.68. The summed E-state index contributed by atoms with van der Waals surface area (Å²) in [7, 11) is 0. The summed E-state index contributed by atoms with van der Waals surface area (Å²) in [6, 6.07) is 8.38. The molecule has 0 spiro atoms. The van der Waals surface area contributed by atoms with Crippen molar-refractivity contribution in [3.8, 4) is 5.75 Å². The average Bonchev–Trinajstić information content (AvgIpc) is 2.31. The van der Waals surface area contributed by atoms with Crippen LogP contribution < -0.4 is 10.1 Å². The third kappa shape index (κ3) is 6.03. The lowest BCUT2D eigenvalue weighted by Gasteiger charge is -2.15. The topological polar surface area (TPSA) is 41.5 Å². The summed E-state index contributed by atoms with van der Waals surface area (Å²) in [5.41, 5.74) is 1.31. The second-order valence-electron chi connectivity index (χ2n) is 4.86. The van der Waals surface area contributed by atoms with Crippen molar-refractivity contribution >= 4 is 0 Å². The number of aryl methyl sites for hydroxylation is 1. The van der Waals surface area contributed by atoms with Crippen molar-refractivity contribution in [1.82, 2.24) is 5.32 Å². The van der Waals surface area contributed by atoms with Crippen molar-refractivity contribution in [3.63, 3.8) is 0 Å². The van der Waals surface area contributed by atoms with Crippen LogP contribution >= 0.6 is 0 Å². The van der Waals surface area contributed by atoms with Gasteiger partial charge in [0.2, 0.25) is 0 Å². The molecule has 1 rings (SSSR count). The smallest absolute Gasteiger partial charge is 0.198 e. The molecular formula is C15H25NO2. The Hall–Kier alpha value is -1.06. The highest BCUT2D eigenvalue weighted by Crippen LogP contribution is 2.15. The molecule has 2 N–H and O–H groups in total. The molecule has 0 saturated heterocycles. The number of benzene rings is 1. The predicted octanol–water partition coefficient (Wildman–Crippen LogP) is 2.72. The van der Waals surface area contributed by atoms with Gasteiger partial charge in [-0.15, -0.1) is 0 Å². The minimum absolute atomic E-state index is 0.436. The van der Waals surface area contributed by atoms with Crippen LogP contribution in [0.25, 0.3) is 0 Å². The van der Waals surface area contributed by atoms with Crippen LogP contribution in [0.4, 0.5) is 0 Å². The van der Waals surface area contributed by atoms with Gasteiger partial charge in [0, 0.05) is 19.0 Å². The van der Waals surface area contributed by atoms with Gasteiger partial charge in [-0.1, -0.05) is 39.3 Å². The summed E-state index contributed by atoms with van der Waals surface area (Å²) >= 11 is 0. The Morgan fingerprint density at radius 3 is 2.44 bits per heavy atom. The molecule has 0 radical (unpaired) electrons. The first-order valence-electron chi connectivity index (χ1n) is 6.79. The minimum atomic E-state index is -0.742. The number of nitrogens with one attached hydrogen (secondary N) is 1. The molecule has 0 bridgehead atoms. The molecule has 0 saturated carbocycles. The lowest BCUT2D eigenvalue weighted by Crippen LogP contribution is -2.28. The van der Waals surface area contributed by atoms with Crippen LogP contribution in [0.2, 0.25) is 0 Å². The van der Waals surface area contributed by atoms with Crippen LogP contribution in [0.3, 0.4) is 0 Å². The molecule has 1 aromatic rings. The van der Waals surface area contributed by atoms with Gasteiger partial charge in [-0.2, -0.15) is 0 Å².